The van der Waals surface area contributed by atoms with E-state index < -0.39 is 17.5 Å². The Morgan fingerprint density at radius 1 is 1.00 bits per heavy atom. The summed E-state index contributed by atoms with van der Waals surface area (Å²) in [6.45, 7) is 6.04. The first kappa shape index (κ1) is 36.8. The van der Waals surface area contributed by atoms with Gasteiger partial charge in [0.05, 0.1) is 36.7 Å². The number of carbonyl (C=O) groups excluding carboxylic acids is 5. The molecule has 0 spiro atoms. The van der Waals surface area contributed by atoms with Crippen LogP contribution >= 0.6 is 0 Å². The number of ether oxygens (including phenoxy) is 1. The number of aromatic nitrogens is 3. The molecule has 13 nitrogen and oxygen atoms in total. The van der Waals surface area contributed by atoms with E-state index in [1.807, 2.05) is 26.0 Å². The van der Waals surface area contributed by atoms with Gasteiger partial charge in [0, 0.05) is 61.1 Å². The van der Waals surface area contributed by atoms with Crippen molar-refractivity contribution < 1.29 is 33.1 Å². The molecule has 0 saturated heterocycles. The predicted molar refractivity (Wildman–Crippen MR) is 190 cm³/mol. The lowest BCUT2D eigenvalue weighted by atomic mass is 9.84. The van der Waals surface area contributed by atoms with Gasteiger partial charge in [-0.05, 0) is 82.3 Å². The molecule has 0 aliphatic heterocycles. The predicted octanol–water partition coefficient (Wildman–Crippen LogP) is 5.05. The van der Waals surface area contributed by atoms with Crippen molar-refractivity contribution in [3.05, 3.63) is 81.5 Å². The molecule has 4 aromatic rings. The zero-order valence-corrected chi connectivity index (χ0v) is 29.2. The molecule has 1 saturated carbocycles. The minimum Gasteiger partial charge on any atom is -0.465 e. The third kappa shape index (κ3) is 9.21. The number of Topliss-reactive ketones (excluding diaryl/α,β-unsaturated/α-hetero) is 3. The molecule has 2 aromatic heterocycles. The van der Waals surface area contributed by atoms with Crippen molar-refractivity contribution in [1.29, 1.82) is 0 Å². The summed E-state index contributed by atoms with van der Waals surface area (Å²) >= 11 is 0. The van der Waals surface area contributed by atoms with Crippen LogP contribution in [0.25, 0.3) is 16.7 Å². The van der Waals surface area contributed by atoms with E-state index in [-0.39, 0.29) is 47.2 Å². The van der Waals surface area contributed by atoms with Crippen LogP contribution in [0.1, 0.15) is 102 Å². The summed E-state index contributed by atoms with van der Waals surface area (Å²) in [6, 6.07) is 11.8. The smallest absolute Gasteiger partial charge is 0.349 e. The first-order valence-corrected chi connectivity index (χ1v) is 17.4. The minimum absolute atomic E-state index is 0.00415. The molecule has 1 atom stereocenters. The molecule has 2 aromatic carbocycles. The number of nitrogens with zero attached hydrogens (tertiary/aromatic N) is 4. The SMILES string of the molecule is CCN(CC)c1ccc2cc(C(=O)NCCCCCC(=O)c3cc(C(=O)OC)cc(-n4cc(CCC5CCC(=O)CC5=O)nn4)c3)c(=O)oc2c1. The summed E-state index contributed by atoms with van der Waals surface area (Å²) in [5.41, 5.74) is 2.22. The first-order chi connectivity index (χ1) is 24.6. The van der Waals surface area contributed by atoms with Gasteiger partial charge >= 0.3 is 11.6 Å². The second-order valence-corrected chi connectivity index (χ2v) is 12.7. The van der Waals surface area contributed by atoms with E-state index >= 15 is 0 Å². The standard InChI is InChI=1S/C38H43N5O8/c1-4-42(5-2)29-14-11-25-20-32(38(49)51-35(25)21-29)36(47)39-16-8-6-7-9-33(45)26-17-27(37(48)50-3)19-30(18-26)43-23-28(40-41-43)13-10-24-12-15-31(44)22-34(24)46/h11,14,17-21,23-24H,4-10,12-13,15-16,22H2,1-3H3,(H,39,47). The van der Waals surface area contributed by atoms with E-state index in [1.54, 1.807) is 30.5 Å². The van der Waals surface area contributed by atoms with Crippen molar-refractivity contribution in [2.45, 2.75) is 71.6 Å². The number of ketones is 3. The van der Waals surface area contributed by atoms with E-state index in [9.17, 15) is 28.8 Å². The van der Waals surface area contributed by atoms with Gasteiger partial charge in [-0.15, -0.1) is 5.10 Å². The Hall–Kier alpha value is -5.46. The fraction of sp³-hybridized carbons (Fsp3) is 0.421. The molecule has 1 unspecified atom stereocenters. The number of amides is 1. The van der Waals surface area contributed by atoms with Crippen molar-refractivity contribution in [1.82, 2.24) is 20.3 Å². The molecule has 2 heterocycles. The van der Waals surface area contributed by atoms with Gasteiger partial charge in [0.25, 0.3) is 5.91 Å². The number of anilines is 1. The van der Waals surface area contributed by atoms with Crippen molar-refractivity contribution in [3.63, 3.8) is 0 Å². The zero-order chi connectivity index (χ0) is 36.5. The van der Waals surface area contributed by atoms with Gasteiger partial charge in [-0.1, -0.05) is 11.6 Å². The maximum atomic E-state index is 13.2. The molecule has 0 radical (unpaired) electrons. The number of aryl methyl sites for hydroxylation is 1. The molecular formula is C38H43N5O8. The van der Waals surface area contributed by atoms with E-state index in [0.717, 1.165) is 18.8 Å². The molecule has 1 amide bonds. The van der Waals surface area contributed by atoms with Crippen LogP contribution in [-0.4, -0.2) is 71.0 Å². The van der Waals surface area contributed by atoms with Gasteiger partial charge in [0.15, 0.2) is 5.78 Å². The molecule has 1 N–H and O–H groups in total. The van der Waals surface area contributed by atoms with Crippen LogP contribution in [0, 0.1) is 5.92 Å². The Bertz CT molecular complexity index is 1990. The van der Waals surface area contributed by atoms with E-state index in [1.165, 1.54) is 17.9 Å². The average Bonchev–Trinajstić information content (AvgIpc) is 3.61. The van der Waals surface area contributed by atoms with E-state index in [4.69, 9.17) is 9.15 Å². The number of esters is 1. The van der Waals surface area contributed by atoms with Crippen LogP contribution in [-0.2, 0) is 20.7 Å². The lowest BCUT2D eigenvalue weighted by Crippen LogP contribution is -2.29. The second-order valence-electron chi connectivity index (χ2n) is 12.7. The maximum Gasteiger partial charge on any atom is 0.349 e. The summed E-state index contributed by atoms with van der Waals surface area (Å²) in [4.78, 5) is 76.9. The van der Waals surface area contributed by atoms with Gasteiger partial charge in [0.2, 0.25) is 0 Å². The normalized spacial score (nSPS) is 14.5. The second kappa shape index (κ2) is 17.0. The lowest BCUT2D eigenvalue weighted by Gasteiger charge is -2.21. The van der Waals surface area contributed by atoms with Crippen LogP contribution in [0.2, 0.25) is 0 Å². The fourth-order valence-corrected chi connectivity index (χ4v) is 6.30. The number of nitrogens with one attached hydrogen (secondary N) is 1. The van der Waals surface area contributed by atoms with Crippen molar-refractivity contribution >= 4 is 45.9 Å². The highest BCUT2D eigenvalue weighted by molar-refractivity contribution is 6.02. The van der Waals surface area contributed by atoms with Crippen LogP contribution in [0.4, 0.5) is 5.69 Å². The number of fused-ring (bicyclic) bond motifs is 1. The average molecular weight is 698 g/mol. The highest BCUT2D eigenvalue weighted by Gasteiger charge is 2.27. The zero-order valence-electron chi connectivity index (χ0n) is 29.2. The maximum absolute atomic E-state index is 13.2. The topological polar surface area (TPSA) is 171 Å². The van der Waals surface area contributed by atoms with Crippen molar-refractivity contribution in [3.8, 4) is 5.69 Å². The molecule has 0 bridgehead atoms. The number of hydrogen-bond acceptors (Lipinski definition) is 11. The number of unbranched alkanes of at least 4 members (excludes halogenated alkanes) is 2. The quantitative estimate of drug-likeness (QED) is 0.0546. The van der Waals surface area contributed by atoms with Crippen molar-refractivity contribution in [2.24, 2.45) is 5.92 Å². The third-order valence-electron chi connectivity index (χ3n) is 9.27. The fourth-order valence-electron chi connectivity index (χ4n) is 6.30. The number of rotatable bonds is 16. The Kier molecular flexibility index (Phi) is 12.2. The minimum atomic E-state index is -0.701. The summed E-state index contributed by atoms with van der Waals surface area (Å²) in [7, 11) is 1.26. The van der Waals surface area contributed by atoms with Gasteiger partial charge in [0.1, 0.15) is 22.7 Å². The third-order valence-corrected chi connectivity index (χ3v) is 9.27. The van der Waals surface area contributed by atoms with Gasteiger partial charge in [-0.3, -0.25) is 19.2 Å². The molecule has 5 rings (SSSR count). The Morgan fingerprint density at radius 2 is 1.78 bits per heavy atom. The first-order valence-electron chi connectivity index (χ1n) is 17.4. The highest BCUT2D eigenvalue weighted by atomic mass is 16.5. The number of benzene rings is 2. The number of methoxy groups -OCH3 is 1. The molecule has 1 aliphatic carbocycles. The number of hydrogen-bond donors (Lipinski definition) is 1. The van der Waals surface area contributed by atoms with Crippen molar-refractivity contribution in [2.75, 3.05) is 31.6 Å². The Morgan fingerprint density at radius 3 is 2.53 bits per heavy atom. The summed E-state index contributed by atoms with van der Waals surface area (Å²) in [5.74, 6) is -1.50. The van der Waals surface area contributed by atoms with E-state index in [2.05, 4.69) is 20.5 Å². The summed E-state index contributed by atoms with van der Waals surface area (Å²) in [5, 5.41) is 11.8. The van der Waals surface area contributed by atoms with Crippen LogP contribution < -0.4 is 15.8 Å². The molecule has 1 fully saturated rings. The molecule has 268 valence electrons. The van der Waals surface area contributed by atoms with Crippen LogP contribution in [0.15, 0.2) is 57.9 Å². The largest absolute Gasteiger partial charge is 0.465 e. The highest BCUT2D eigenvalue weighted by Crippen LogP contribution is 2.24. The van der Waals surface area contributed by atoms with Gasteiger partial charge in [-0.25, -0.2) is 14.3 Å². The number of carbonyl (C=O) groups is 5. The Balaban J connectivity index is 1.13. The molecule has 1 aliphatic rings. The summed E-state index contributed by atoms with van der Waals surface area (Å²) in [6.07, 6.45) is 5.71. The molecule has 13 heteroatoms. The van der Waals surface area contributed by atoms with Crippen LogP contribution in [0.3, 0.4) is 0 Å². The van der Waals surface area contributed by atoms with Gasteiger partial charge in [-0.2, -0.15) is 0 Å². The van der Waals surface area contributed by atoms with E-state index in [0.29, 0.717) is 79.4 Å². The van der Waals surface area contributed by atoms with Gasteiger partial charge < -0.3 is 19.4 Å². The van der Waals surface area contributed by atoms with Crippen LogP contribution in [0.5, 0.6) is 0 Å². The lowest BCUT2D eigenvalue weighted by molar-refractivity contribution is -0.132. The Labute approximate surface area is 295 Å². The molecular weight excluding hydrogens is 654 g/mol. The summed E-state index contributed by atoms with van der Waals surface area (Å²) < 4.78 is 11.9. The molecule has 51 heavy (non-hydrogen) atoms. The monoisotopic (exact) mass is 697 g/mol.